The first-order chi connectivity index (χ1) is 11.2. The zero-order chi connectivity index (χ0) is 17.8. The molecule has 1 heterocycles. The Kier molecular flexibility index (Phi) is 5.49. The van der Waals surface area contributed by atoms with Crippen molar-refractivity contribution in [1.29, 1.82) is 0 Å². The normalized spacial score (nSPS) is 12.0. The smallest absolute Gasteiger partial charge is 0.200 e. The van der Waals surface area contributed by atoms with Crippen LogP contribution in [0.25, 0.3) is 0 Å². The van der Waals surface area contributed by atoms with Gasteiger partial charge in [0.25, 0.3) is 0 Å². The Hall–Kier alpha value is -2.08. The fourth-order valence-corrected chi connectivity index (χ4v) is 3.14. The van der Waals surface area contributed by atoms with Crippen molar-refractivity contribution in [2.45, 2.75) is 44.0 Å². The molecule has 0 aliphatic heterocycles. The van der Waals surface area contributed by atoms with Gasteiger partial charge in [-0.05, 0) is 57.5 Å². The Bertz CT molecular complexity index is 779. The fourth-order valence-electron chi connectivity index (χ4n) is 2.07. The summed E-state index contributed by atoms with van der Waals surface area (Å²) in [5.74, 6) is 0.835. The first-order valence-corrected chi connectivity index (χ1v) is 9.38. The summed E-state index contributed by atoms with van der Waals surface area (Å²) in [7, 11) is -3.43. The Labute approximate surface area is 144 Å². The number of nitrogens with one attached hydrogen (secondary N) is 1. The number of rotatable bonds is 6. The van der Waals surface area contributed by atoms with Crippen LogP contribution in [0, 0.1) is 0 Å². The molecule has 0 bridgehead atoms. The van der Waals surface area contributed by atoms with Gasteiger partial charge in [-0.1, -0.05) is 12.1 Å². The summed E-state index contributed by atoms with van der Waals surface area (Å²) in [6.07, 6.45) is 1.55. The number of anilines is 1. The van der Waals surface area contributed by atoms with Crippen molar-refractivity contribution in [2.75, 3.05) is 11.9 Å². The molecular formula is C18H24N2O3S. The van der Waals surface area contributed by atoms with E-state index in [1.165, 1.54) is 0 Å². The van der Waals surface area contributed by atoms with Crippen LogP contribution in [-0.2, 0) is 16.4 Å². The minimum atomic E-state index is -3.43. The van der Waals surface area contributed by atoms with Gasteiger partial charge in [0.05, 0.1) is 23.2 Å². The van der Waals surface area contributed by atoms with E-state index in [1.807, 2.05) is 31.2 Å². The molecule has 0 aliphatic rings. The molecule has 0 unspecified atom stereocenters. The predicted octanol–water partition coefficient (Wildman–Crippen LogP) is 3.66. The highest BCUT2D eigenvalue weighted by molar-refractivity contribution is 7.92. The summed E-state index contributed by atoms with van der Waals surface area (Å²) >= 11 is 0. The molecule has 2 rings (SSSR count). The maximum Gasteiger partial charge on any atom is 0.200 e. The van der Waals surface area contributed by atoms with Gasteiger partial charge in [-0.15, -0.1) is 0 Å². The van der Waals surface area contributed by atoms with Crippen LogP contribution in [-0.4, -0.2) is 24.8 Å². The molecular weight excluding hydrogens is 324 g/mol. The number of nitrogens with zero attached hydrogens (tertiary/aromatic N) is 1. The van der Waals surface area contributed by atoms with E-state index in [-0.39, 0.29) is 5.03 Å². The molecule has 24 heavy (non-hydrogen) atoms. The lowest BCUT2D eigenvalue weighted by Gasteiger charge is -2.18. The molecule has 130 valence electrons. The zero-order valence-electron chi connectivity index (χ0n) is 14.5. The summed E-state index contributed by atoms with van der Waals surface area (Å²) in [6.45, 7) is 8.19. The lowest BCUT2D eigenvalue weighted by atomic mass is 10.2. The Morgan fingerprint density at radius 1 is 1.17 bits per heavy atom. The lowest BCUT2D eigenvalue weighted by molar-refractivity contribution is 0.340. The van der Waals surface area contributed by atoms with Crippen molar-refractivity contribution in [3.8, 4) is 5.75 Å². The maximum absolute atomic E-state index is 12.3. The first-order valence-electron chi connectivity index (χ1n) is 7.90. The molecule has 5 nitrogen and oxygen atoms in total. The summed E-state index contributed by atoms with van der Waals surface area (Å²) < 4.78 is 29.3. The van der Waals surface area contributed by atoms with Crippen LogP contribution in [0.2, 0.25) is 0 Å². The van der Waals surface area contributed by atoms with Crippen LogP contribution in [0.15, 0.2) is 47.6 Å². The van der Waals surface area contributed by atoms with Gasteiger partial charge in [0.15, 0.2) is 14.9 Å². The maximum atomic E-state index is 12.3. The third-order valence-corrected chi connectivity index (χ3v) is 5.93. The summed E-state index contributed by atoms with van der Waals surface area (Å²) in [4.78, 5) is 4.10. The van der Waals surface area contributed by atoms with Crippen molar-refractivity contribution in [3.05, 3.63) is 48.2 Å². The first kappa shape index (κ1) is 18.3. The number of aromatic nitrogens is 1. The van der Waals surface area contributed by atoms with Crippen LogP contribution in [0.1, 0.15) is 33.3 Å². The number of pyridine rings is 1. The molecule has 1 aromatic heterocycles. The highest BCUT2D eigenvalue weighted by atomic mass is 32.2. The molecule has 0 atom stereocenters. The van der Waals surface area contributed by atoms with E-state index >= 15 is 0 Å². The van der Waals surface area contributed by atoms with Crippen LogP contribution < -0.4 is 10.1 Å². The quantitative estimate of drug-likeness (QED) is 0.863. The molecule has 0 saturated heterocycles. The predicted molar refractivity (Wildman–Crippen MR) is 96.1 cm³/mol. The van der Waals surface area contributed by atoms with E-state index in [4.69, 9.17) is 4.74 Å². The number of sulfone groups is 1. The van der Waals surface area contributed by atoms with Crippen LogP contribution >= 0.6 is 0 Å². The Balaban J connectivity index is 2.06. The van der Waals surface area contributed by atoms with Crippen molar-refractivity contribution in [2.24, 2.45) is 0 Å². The van der Waals surface area contributed by atoms with Crippen LogP contribution in [0.3, 0.4) is 0 Å². The van der Waals surface area contributed by atoms with Gasteiger partial charge in [0.2, 0.25) is 0 Å². The minimum Gasteiger partial charge on any atom is -0.494 e. The average Bonchev–Trinajstić information content (AvgIpc) is 2.53. The number of hydrogen-bond acceptors (Lipinski definition) is 5. The second-order valence-corrected chi connectivity index (χ2v) is 9.08. The van der Waals surface area contributed by atoms with Gasteiger partial charge in [0, 0.05) is 6.54 Å². The zero-order valence-corrected chi connectivity index (χ0v) is 15.4. The number of benzene rings is 1. The SMILES string of the molecule is CCOc1cccc(CNc2ccc(S(=O)(=O)C(C)(C)C)nc2)c1. The van der Waals surface area contributed by atoms with E-state index in [9.17, 15) is 8.42 Å². The van der Waals surface area contributed by atoms with E-state index in [0.717, 1.165) is 17.0 Å². The molecule has 0 aliphatic carbocycles. The van der Waals surface area contributed by atoms with Gasteiger partial charge < -0.3 is 10.1 Å². The highest BCUT2D eigenvalue weighted by Crippen LogP contribution is 2.24. The average molecular weight is 348 g/mol. The second kappa shape index (κ2) is 7.21. The fraction of sp³-hybridized carbons (Fsp3) is 0.389. The van der Waals surface area contributed by atoms with Gasteiger partial charge >= 0.3 is 0 Å². The third kappa shape index (κ3) is 4.26. The molecule has 0 spiro atoms. The molecule has 2 aromatic rings. The standard InChI is InChI=1S/C18H24N2O3S/c1-5-23-16-8-6-7-14(11-16)12-19-15-9-10-17(20-13-15)24(21,22)18(2,3)4/h6-11,13,19H,5,12H2,1-4H3. The Morgan fingerprint density at radius 3 is 2.50 bits per heavy atom. The molecule has 6 heteroatoms. The monoisotopic (exact) mass is 348 g/mol. The number of ether oxygens (including phenoxy) is 1. The van der Waals surface area contributed by atoms with Gasteiger partial charge in [-0.25, -0.2) is 13.4 Å². The Morgan fingerprint density at radius 2 is 1.92 bits per heavy atom. The molecule has 0 radical (unpaired) electrons. The topological polar surface area (TPSA) is 68.3 Å². The number of hydrogen-bond donors (Lipinski definition) is 1. The van der Waals surface area contributed by atoms with Gasteiger partial charge in [-0.3, -0.25) is 0 Å². The molecule has 0 amide bonds. The molecule has 0 saturated carbocycles. The lowest BCUT2D eigenvalue weighted by Crippen LogP contribution is -2.28. The molecule has 1 aromatic carbocycles. The van der Waals surface area contributed by atoms with Gasteiger partial charge in [-0.2, -0.15) is 0 Å². The van der Waals surface area contributed by atoms with Crippen molar-refractivity contribution < 1.29 is 13.2 Å². The van der Waals surface area contributed by atoms with Crippen LogP contribution in [0.4, 0.5) is 5.69 Å². The van der Waals surface area contributed by atoms with E-state index < -0.39 is 14.6 Å². The third-order valence-electron chi connectivity index (χ3n) is 3.52. The van der Waals surface area contributed by atoms with E-state index in [1.54, 1.807) is 39.1 Å². The van der Waals surface area contributed by atoms with Crippen molar-refractivity contribution in [3.63, 3.8) is 0 Å². The highest BCUT2D eigenvalue weighted by Gasteiger charge is 2.31. The molecule has 1 N–H and O–H groups in total. The van der Waals surface area contributed by atoms with Crippen molar-refractivity contribution in [1.82, 2.24) is 4.98 Å². The second-order valence-electron chi connectivity index (χ2n) is 6.43. The summed E-state index contributed by atoms with van der Waals surface area (Å²) in [5.41, 5.74) is 1.84. The van der Waals surface area contributed by atoms with Gasteiger partial charge in [0.1, 0.15) is 5.75 Å². The van der Waals surface area contributed by atoms with E-state index in [0.29, 0.717) is 13.2 Å². The van der Waals surface area contributed by atoms with Crippen LogP contribution in [0.5, 0.6) is 5.75 Å². The summed E-state index contributed by atoms with van der Waals surface area (Å²) in [6, 6.07) is 11.1. The van der Waals surface area contributed by atoms with E-state index in [2.05, 4.69) is 10.3 Å². The van der Waals surface area contributed by atoms with Crippen molar-refractivity contribution >= 4 is 15.5 Å². The summed E-state index contributed by atoms with van der Waals surface area (Å²) in [5, 5.41) is 3.33. The largest absolute Gasteiger partial charge is 0.494 e. The minimum absolute atomic E-state index is 0.0962. The molecule has 0 fully saturated rings.